The van der Waals surface area contributed by atoms with Gasteiger partial charge in [-0.1, -0.05) is 13.8 Å². The van der Waals surface area contributed by atoms with Crippen molar-refractivity contribution in [1.29, 1.82) is 0 Å². The molecule has 0 rings (SSSR count). The number of hydrogen-bond acceptors (Lipinski definition) is 3. The van der Waals surface area contributed by atoms with Gasteiger partial charge in [0.2, 0.25) is 0 Å². The van der Waals surface area contributed by atoms with E-state index in [1.54, 1.807) is 6.92 Å². The minimum absolute atomic E-state index is 0.0108. The van der Waals surface area contributed by atoms with Gasteiger partial charge in [0, 0.05) is 0 Å². The highest BCUT2D eigenvalue weighted by molar-refractivity contribution is 4.57. The summed E-state index contributed by atoms with van der Waals surface area (Å²) in [7, 11) is 0. The second kappa shape index (κ2) is 7.30. The lowest BCUT2D eigenvalue weighted by Gasteiger charge is -2.15. The summed E-state index contributed by atoms with van der Waals surface area (Å²) in [6.07, 6.45) is 1.22. The Morgan fingerprint density at radius 2 is 1.77 bits per heavy atom. The molecule has 0 aliphatic heterocycles. The Bertz CT molecular complexity index is 115. The van der Waals surface area contributed by atoms with E-state index in [4.69, 9.17) is 9.84 Å². The van der Waals surface area contributed by atoms with E-state index in [9.17, 15) is 5.11 Å². The third-order valence-corrected chi connectivity index (χ3v) is 1.91. The summed E-state index contributed by atoms with van der Waals surface area (Å²) in [5, 5.41) is 18.1. The average Bonchev–Trinajstić information content (AvgIpc) is 2.10. The van der Waals surface area contributed by atoms with Crippen LogP contribution in [0.4, 0.5) is 0 Å². The van der Waals surface area contributed by atoms with Gasteiger partial charge in [0.15, 0.2) is 0 Å². The highest BCUT2D eigenvalue weighted by Crippen LogP contribution is 2.07. The number of rotatable bonds is 7. The van der Waals surface area contributed by atoms with Gasteiger partial charge in [0.25, 0.3) is 0 Å². The number of ether oxygens (including phenoxy) is 1. The van der Waals surface area contributed by atoms with Gasteiger partial charge in [0.05, 0.1) is 25.4 Å². The molecule has 0 amide bonds. The molecule has 2 N–H and O–H groups in total. The van der Waals surface area contributed by atoms with Crippen LogP contribution in [-0.2, 0) is 4.74 Å². The Morgan fingerprint density at radius 3 is 2.23 bits per heavy atom. The first kappa shape index (κ1) is 12.9. The molecule has 80 valence electrons. The Balaban J connectivity index is 3.34. The maximum atomic E-state index is 9.44. The molecule has 0 aliphatic carbocycles. The summed E-state index contributed by atoms with van der Waals surface area (Å²) >= 11 is 0. The van der Waals surface area contributed by atoms with Crippen LogP contribution in [0.5, 0.6) is 0 Å². The van der Waals surface area contributed by atoms with Gasteiger partial charge in [0.1, 0.15) is 0 Å². The zero-order valence-electron chi connectivity index (χ0n) is 8.86. The first-order valence-electron chi connectivity index (χ1n) is 4.96. The molecule has 0 bridgehead atoms. The molecule has 3 nitrogen and oxygen atoms in total. The van der Waals surface area contributed by atoms with Crippen molar-refractivity contribution in [2.45, 2.75) is 45.8 Å². The smallest absolute Gasteiger partial charge is 0.0779 e. The van der Waals surface area contributed by atoms with Gasteiger partial charge in [-0.15, -0.1) is 0 Å². The molecular formula is C10H22O3. The first-order chi connectivity index (χ1) is 6.06. The molecule has 0 aromatic carbocycles. The van der Waals surface area contributed by atoms with Crippen molar-refractivity contribution < 1.29 is 14.9 Å². The van der Waals surface area contributed by atoms with Crippen LogP contribution in [0, 0.1) is 5.92 Å². The largest absolute Gasteiger partial charge is 0.394 e. The lowest BCUT2D eigenvalue weighted by Crippen LogP contribution is -2.22. The average molecular weight is 190 g/mol. The predicted molar refractivity (Wildman–Crippen MR) is 52.6 cm³/mol. The van der Waals surface area contributed by atoms with Gasteiger partial charge in [-0.05, 0) is 25.7 Å². The van der Waals surface area contributed by atoms with Gasteiger partial charge in [-0.2, -0.15) is 0 Å². The van der Waals surface area contributed by atoms with E-state index in [1.807, 2.05) is 0 Å². The van der Waals surface area contributed by atoms with E-state index in [1.165, 1.54) is 0 Å². The topological polar surface area (TPSA) is 49.7 Å². The van der Waals surface area contributed by atoms with Crippen LogP contribution in [-0.4, -0.2) is 35.6 Å². The third-order valence-electron chi connectivity index (χ3n) is 1.91. The maximum Gasteiger partial charge on any atom is 0.0779 e. The lowest BCUT2D eigenvalue weighted by atomic mass is 10.1. The Kier molecular flexibility index (Phi) is 7.23. The van der Waals surface area contributed by atoms with Gasteiger partial charge >= 0.3 is 0 Å². The van der Waals surface area contributed by atoms with E-state index in [0.29, 0.717) is 12.5 Å². The van der Waals surface area contributed by atoms with Gasteiger partial charge in [-0.25, -0.2) is 0 Å². The molecule has 0 fully saturated rings. The Labute approximate surface area is 80.7 Å². The molecule has 0 spiro atoms. The Morgan fingerprint density at radius 1 is 1.15 bits per heavy atom. The maximum absolute atomic E-state index is 9.44. The van der Waals surface area contributed by atoms with Crippen LogP contribution < -0.4 is 0 Å². The molecule has 0 aromatic heterocycles. The molecule has 0 aliphatic rings. The summed E-state index contributed by atoms with van der Waals surface area (Å²) in [4.78, 5) is 0. The summed E-state index contributed by atoms with van der Waals surface area (Å²) in [5.41, 5.74) is 0. The van der Waals surface area contributed by atoms with Crippen molar-refractivity contribution in [2.75, 3.05) is 13.2 Å². The number of hydrogen-bond donors (Lipinski definition) is 2. The SMILES string of the molecule is CC(C)CCC(O)COC(C)CO. The van der Waals surface area contributed by atoms with Gasteiger partial charge < -0.3 is 14.9 Å². The highest BCUT2D eigenvalue weighted by Gasteiger charge is 2.07. The summed E-state index contributed by atoms with van der Waals surface area (Å²) in [6.45, 7) is 6.38. The minimum atomic E-state index is -0.392. The zero-order chi connectivity index (χ0) is 10.3. The fourth-order valence-corrected chi connectivity index (χ4v) is 0.937. The van der Waals surface area contributed by atoms with Crippen LogP contribution in [0.25, 0.3) is 0 Å². The fourth-order valence-electron chi connectivity index (χ4n) is 0.937. The van der Waals surface area contributed by atoms with Crippen molar-refractivity contribution in [3.05, 3.63) is 0 Å². The second-order valence-electron chi connectivity index (χ2n) is 3.95. The van der Waals surface area contributed by atoms with Crippen molar-refractivity contribution >= 4 is 0 Å². The van der Waals surface area contributed by atoms with Crippen LogP contribution in [0.1, 0.15) is 33.6 Å². The van der Waals surface area contributed by atoms with E-state index < -0.39 is 6.10 Å². The number of aliphatic hydroxyl groups excluding tert-OH is 2. The third kappa shape index (κ3) is 8.22. The van der Waals surface area contributed by atoms with E-state index >= 15 is 0 Å². The minimum Gasteiger partial charge on any atom is -0.394 e. The van der Waals surface area contributed by atoms with Crippen LogP contribution in [0.3, 0.4) is 0 Å². The standard InChI is InChI=1S/C10H22O3/c1-8(2)4-5-10(12)7-13-9(3)6-11/h8-12H,4-7H2,1-3H3. The van der Waals surface area contributed by atoms with E-state index in [2.05, 4.69) is 13.8 Å². The first-order valence-corrected chi connectivity index (χ1v) is 4.96. The van der Waals surface area contributed by atoms with Crippen LogP contribution in [0.15, 0.2) is 0 Å². The molecule has 13 heavy (non-hydrogen) atoms. The molecule has 2 unspecified atom stereocenters. The second-order valence-corrected chi connectivity index (χ2v) is 3.95. The highest BCUT2D eigenvalue weighted by atomic mass is 16.5. The van der Waals surface area contributed by atoms with Crippen molar-refractivity contribution in [1.82, 2.24) is 0 Å². The van der Waals surface area contributed by atoms with Gasteiger partial charge in [-0.3, -0.25) is 0 Å². The normalized spacial score (nSPS) is 16.2. The lowest BCUT2D eigenvalue weighted by molar-refractivity contribution is -0.0265. The fraction of sp³-hybridized carbons (Fsp3) is 1.00. The summed E-state index contributed by atoms with van der Waals surface area (Å²) in [6, 6.07) is 0. The summed E-state index contributed by atoms with van der Waals surface area (Å²) < 4.78 is 5.19. The molecular weight excluding hydrogens is 168 g/mol. The predicted octanol–water partition coefficient (Wildman–Crippen LogP) is 1.18. The molecule has 0 heterocycles. The molecule has 0 radical (unpaired) electrons. The van der Waals surface area contributed by atoms with Crippen molar-refractivity contribution in [2.24, 2.45) is 5.92 Å². The molecule has 0 saturated heterocycles. The van der Waals surface area contributed by atoms with E-state index in [0.717, 1.165) is 12.8 Å². The molecule has 0 aromatic rings. The van der Waals surface area contributed by atoms with E-state index in [-0.39, 0.29) is 12.7 Å². The molecule has 3 heteroatoms. The van der Waals surface area contributed by atoms with Crippen LogP contribution in [0.2, 0.25) is 0 Å². The molecule has 2 atom stereocenters. The quantitative estimate of drug-likeness (QED) is 0.634. The molecule has 0 saturated carbocycles. The summed E-state index contributed by atoms with van der Waals surface area (Å²) in [5.74, 6) is 0.616. The van der Waals surface area contributed by atoms with Crippen LogP contribution >= 0.6 is 0 Å². The Hall–Kier alpha value is -0.120. The monoisotopic (exact) mass is 190 g/mol. The zero-order valence-corrected chi connectivity index (χ0v) is 8.86. The van der Waals surface area contributed by atoms with Crippen molar-refractivity contribution in [3.8, 4) is 0 Å². The van der Waals surface area contributed by atoms with Crippen molar-refractivity contribution in [3.63, 3.8) is 0 Å². The number of aliphatic hydroxyl groups is 2.